The van der Waals surface area contributed by atoms with Gasteiger partial charge in [-0.15, -0.1) is 13.2 Å². The molecule has 1 aliphatic rings. The summed E-state index contributed by atoms with van der Waals surface area (Å²) in [5.74, 6) is 0.0315. The van der Waals surface area contributed by atoms with Gasteiger partial charge >= 0.3 is 6.36 Å². The first-order chi connectivity index (χ1) is 14.8. The minimum Gasteiger partial charge on any atom is -0.406 e. The molecule has 0 unspecified atom stereocenters. The maximum absolute atomic E-state index is 12.3. The number of benzene rings is 1. The molecule has 1 fully saturated rings. The van der Waals surface area contributed by atoms with Crippen molar-refractivity contribution in [3.63, 3.8) is 0 Å². The molecule has 166 valence electrons. The van der Waals surface area contributed by atoms with Crippen molar-refractivity contribution in [1.29, 1.82) is 0 Å². The molecule has 0 amide bonds. The van der Waals surface area contributed by atoms with Crippen LogP contribution in [0.2, 0.25) is 0 Å². The Labute approximate surface area is 172 Å². The van der Waals surface area contributed by atoms with Gasteiger partial charge in [-0.05, 0) is 17.7 Å². The molecular formula is C18H18F3N5O5. The van der Waals surface area contributed by atoms with Gasteiger partial charge in [0, 0.05) is 6.54 Å². The smallest absolute Gasteiger partial charge is 0.406 e. The molecule has 0 aliphatic carbocycles. The highest BCUT2D eigenvalue weighted by Crippen LogP contribution is 2.32. The van der Waals surface area contributed by atoms with Crippen LogP contribution in [-0.4, -0.2) is 66.1 Å². The standard InChI is InChI=1S/C18H18F3N5O5/c19-18(20,21)31-10-3-1-9(2-4-10)5-22-15-12-16(24-7-23-15)26(8-25-12)17-14(29)13(28)11(6-27)30-17/h1-4,7-8,11,13-14,17,27-29H,5-6H2,(H,22,23,24)/t11-,13-,14-,17-/m0/s1. The second-order valence-corrected chi connectivity index (χ2v) is 6.82. The highest BCUT2D eigenvalue weighted by molar-refractivity contribution is 5.82. The predicted molar refractivity (Wildman–Crippen MR) is 98.8 cm³/mol. The molecule has 10 nitrogen and oxygen atoms in total. The minimum atomic E-state index is -4.75. The Bertz CT molecular complexity index is 1050. The Balaban J connectivity index is 1.50. The van der Waals surface area contributed by atoms with Crippen molar-refractivity contribution >= 4 is 17.0 Å². The van der Waals surface area contributed by atoms with Gasteiger partial charge in [-0.2, -0.15) is 0 Å². The summed E-state index contributed by atoms with van der Waals surface area (Å²) >= 11 is 0. The molecule has 13 heteroatoms. The zero-order valence-corrected chi connectivity index (χ0v) is 15.8. The van der Waals surface area contributed by atoms with Gasteiger partial charge in [0.05, 0.1) is 12.9 Å². The number of alkyl halides is 3. The average Bonchev–Trinajstić information content (AvgIpc) is 3.28. The van der Waals surface area contributed by atoms with E-state index in [-0.39, 0.29) is 12.3 Å². The topological polar surface area (TPSA) is 135 Å². The number of fused-ring (bicyclic) bond motifs is 1. The molecule has 0 bridgehead atoms. The zero-order chi connectivity index (χ0) is 22.2. The van der Waals surface area contributed by atoms with Crippen molar-refractivity contribution in [2.75, 3.05) is 11.9 Å². The molecule has 1 aliphatic heterocycles. The number of hydrogen-bond donors (Lipinski definition) is 4. The van der Waals surface area contributed by atoms with Gasteiger partial charge in [0.15, 0.2) is 23.2 Å². The van der Waals surface area contributed by atoms with Crippen molar-refractivity contribution < 1.29 is 38.0 Å². The van der Waals surface area contributed by atoms with E-state index < -0.39 is 37.5 Å². The van der Waals surface area contributed by atoms with Gasteiger partial charge < -0.3 is 30.1 Å². The number of imidazole rings is 1. The maximum Gasteiger partial charge on any atom is 0.573 e. The number of aliphatic hydroxyl groups is 3. The summed E-state index contributed by atoms with van der Waals surface area (Å²) in [7, 11) is 0. The lowest BCUT2D eigenvalue weighted by Crippen LogP contribution is -2.33. The van der Waals surface area contributed by atoms with E-state index in [1.807, 2.05) is 0 Å². The number of aromatic nitrogens is 4. The van der Waals surface area contributed by atoms with Crippen molar-refractivity contribution in [3.8, 4) is 5.75 Å². The normalized spacial score (nSPS) is 23.9. The van der Waals surface area contributed by atoms with E-state index in [9.17, 15) is 28.5 Å². The van der Waals surface area contributed by atoms with E-state index in [1.165, 1.54) is 41.5 Å². The monoisotopic (exact) mass is 441 g/mol. The molecule has 0 saturated carbocycles. The van der Waals surface area contributed by atoms with Gasteiger partial charge in [-0.1, -0.05) is 12.1 Å². The molecule has 3 aromatic rings. The number of nitrogens with one attached hydrogen (secondary N) is 1. The van der Waals surface area contributed by atoms with Gasteiger partial charge in [-0.25, -0.2) is 15.0 Å². The third-order valence-electron chi connectivity index (χ3n) is 4.77. The van der Waals surface area contributed by atoms with Crippen LogP contribution in [0.25, 0.3) is 11.2 Å². The quantitative estimate of drug-likeness (QED) is 0.441. The van der Waals surface area contributed by atoms with E-state index in [1.54, 1.807) is 0 Å². The zero-order valence-electron chi connectivity index (χ0n) is 15.8. The fraction of sp³-hybridized carbons (Fsp3) is 0.389. The molecule has 1 saturated heterocycles. The number of aliphatic hydroxyl groups excluding tert-OH is 3. The third-order valence-corrected chi connectivity index (χ3v) is 4.77. The van der Waals surface area contributed by atoms with Crippen LogP contribution in [0.4, 0.5) is 19.0 Å². The largest absolute Gasteiger partial charge is 0.573 e. The second-order valence-electron chi connectivity index (χ2n) is 6.82. The lowest BCUT2D eigenvalue weighted by Gasteiger charge is -2.16. The number of halogens is 3. The van der Waals surface area contributed by atoms with Crippen LogP contribution in [0.1, 0.15) is 11.8 Å². The summed E-state index contributed by atoms with van der Waals surface area (Å²) in [5.41, 5.74) is 1.35. The lowest BCUT2D eigenvalue weighted by molar-refractivity contribution is -0.274. The Morgan fingerprint density at radius 1 is 1.10 bits per heavy atom. The highest BCUT2D eigenvalue weighted by atomic mass is 19.4. The molecule has 3 heterocycles. The Hall–Kier alpha value is -3.00. The van der Waals surface area contributed by atoms with E-state index in [0.717, 1.165) is 0 Å². The van der Waals surface area contributed by atoms with Gasteiger partial charge in [0.25, 0.3) is 0 Å². The Morgan fingerprint density at radius 2 is 1.84 bits per heavy atom. The first kappa shape index (κ1) is 21.2. The first-order valence-electron chi connectivity index (χ1n) is 9.15. The molecule has 0 spiro atoms. The van der Waals surface area contributed by atoms with Gasteiger partial charge in [0.2, 0.25) is 0 Å². The fourth-order valence-corrected chi connectivity index (χ4v) is 3.27. The van der Waals surface area contributed by atoms with E-state index in [0.29, 0.717) is 22.5 Å². The molecule has 31 heavy (non-hydrogen) atoms. The first-order valence-corrected chi connectivity index (χ1v) is 9.15. The van der Waals surface area contributed by atoms with Crippen LogP contribution in [-0.2, 0) is 11.3 Å². The molecule has 4 N–H and O–H groups in total. The number of hydrogen-bond acceptors (Lipinski definition) is 9. The molecule has 4 rings (SSSR count). The molecule has 4 atom stereocenters. The summed E-state index contributed by atoms with van der Waals surface area (Å²) in [6, 6.07) is 5.36. The number of ether oxygens (including phenoxy) is 2. The van der Waals surface area contributed by atoms with Crippen LogP contribution < -0.4 is 10.1 Å². The van der Waals surface area contributed by atoms with Crippen LogP contribution in [0.5, 0.6) is 5.75 Å². The number of anilines is 1. The van der Waals surface area contributed by atoms with Crippen molar-refractivity contribution in [2.24, 2.45) is 0 Å². The van der Waals surface area contributed by atoms with Gasteiger partial charge in [0.1, 0.15) is 30.4 Å². The molecular weight excluding hydrogens is 423 g/mol. The van der Waals surface area contributed by atoms with Crippen molar-refractivity contribution in [3.05, 3.63) is 42.5 Å². The second kappa shape index (κ2) is 8.26. The summed E-state index contributed by atoms with van der Waals surface area (Å²) in [6.45, 7) is -0.227. The average molecular weight is 441 g/mol. The van der Waals surface area contributed by atoms with E-state index in [4.69, 9.17) is 4.74 Å². The van der Waals surface area contributed by atoms with Crippen LogP contribution >= 0.6 is 0 Å². The van der Waals surface area contributed by atoms with Crippen LogP contribution in [0, 0.1) is 0 Å². The van der Waals surface area contributed by atoms with Crippen LogP contribution in [0.3, 0.4) is 0 Å². The summed E-state index contributed by atoms with van der Waals surface area (Å²) < 4.78 is 47.5. The van der Waals surface area contributed by atoms with Crippen LogP contribution in [0.15, 0.2) is 36.9 Å². The summed E-state index contributed by atoms with van der Waals surface area (Å²) in [5, 5.41) is 32.5. The van der Waals surface area contributed by atoms with E-state index in [2.05, 4.69) is 25.0 Å². The molecule has 2 aromatic heterocycles. The molecule has 1 aromatic carbocycles. The Morgan fingerprint density at radius 3 is 2.48 bits per heavy atom. The van der Waals surface area contributed by atoms with E-state index >= 15 is 0 Å². The Kier molecular flexibility index (Phi) is 5.66. The lowest BCUT2D eigenvalue weighted by atomic mass is 10.1. The number of nitrogens with zero attached hydrogens (tertiary/aromatic N) is 4. The van der Waals surface area contributed by atoms with Crippen molar-refractivity contribution in [2.45, 2.75) is 37.4 Å². The third kappa shape index (κ3) is 4.39. The highest BCUT2D eigenvalue weighted by Gasteiger charge is 2.44. The summed E-state index contributed by atoms with van der Waals surface area (Å²) in [6.07, 6.45) is -6.62. The SMILES string of the molecule is OC[C@@H]1O[C@H](n2cnc3c(NCc4ccc(OC(F)(F)F)cc4)ncnc32)[C@@H](O)[C@H]1O. The molecule has 0 radical (unpaired) electrons. The fourth-order valence-electron chi connectivity index (χ4n) is 3.27. The predicted octanol–water partition coefficient (Wildman–Crippen LogP) is 0.949. The number of rotatable bonds is 6. The summed E-state index contributed by atoms with van der Waals surface area (Å²) in [4.78, 5) is 12.5. The maximum atomic E-state index is 12.3. The van der Waals surface area contributed by atoms with Crippen molar-refractivity contribution in [1.82, 2.24) is 19.5 Å². The van der Waals surface area contributed by atoms with Gasteiger partial charge in [-0.3, -0.25) is 4.57 Å². The minimum absolute atomic E-state index is 0.235.